The van der Waals surface area contributed by atoms with Crippen LogP contribution in [-0.2, 0) is 0 Å². The summed E-state index contributed by atoms with van der Waals surface area (Å²) in [5, 5.41) is 8.65. The first-order chi connectivity index (χ1) is 6.90. The van der Waals surface area contributed by atoms with Crippen molar-refractivity contribution in [1.82, 2.24) is 0 Å². The van der Waals surface area contributed by atoms with Crippen molar-refractivity contribution in [1.29, 1.82) is 5.26 Å². The van der Waals surface area contributed by atoms with Gasteiger partial charge in [0.1, 0.15) is 0 Å². The van der Waals surface area contributed by atoms with Crippen LogP contribution < -0.4 is 0 Å². The minimum Gasteiger partial charge on any atom is -0.412 e. The highest BCUT2D eigenvalue weighted by atomic mass is 16.0. The van der Waals surface area contributed by atoms with Crippen LogP contribution in [0, 0.1) is 11.3 Å². The van der Waals surface area contributed by atoms with Gasteiger partial charge in [-0.1, -0.05) is 42.5 Å². The molecule has 0 bridgehead atoms. The van der Waals surface area contributed by atoms with E-state index in [1.54, 1.807) is 0 Å². The first-order valence-corrected chi connectivity index (χ1v) is 4.46. The molecule has 0 aliphatic rings. The molecule has 6 heteroatoms. The molecule has 2 rings (SSSR count). The number of nitriles is 1. The molecule has 0 radical (unpaired) electrons. The van der Waals surface area contributed by atoms with Gasteiger partial charge in [-0.05, 0) is 23.3 Å². The largest absolute Gasteiger partial charge is 0.412 e. The third kappa shape index (κ3) is 6.28. The zero-order chi connectivity index (χ0) is 9.80. The van der Waals surface area contributed by atoms with Gasteiger partial charge in [0.05, 0.1) is 11.6 Å². The molecule has 10 N–H and O–H groups in total. The standard InChI is InChI=1S/C13H9N.5H2O/c14-10-11-6-8-13(9-7-11)12-4-2-1-3-5-12;;;;;/h1-9H;5*1H2. The average molecular weight is 269 g/mol. The average Bonchev–Trinajstić information content (AvgIpc) is 2.30. The van der Waals surface area contributed by atoms with Gasteiger partial charge in [0, 0.05) is 0 Å². The van der Waals surface area contributed by atoms with Crippen molar-refractivity contribution in [2.75, 3.05) is 0 Å². The van der Waals surface area contributed by atoms with Crippen LogP contribution in [0.3, 0.4) is 0 Å². The molecule has 0 heterocycles. The van der Waals surface area contributed by atoms with E-state index in [9.17, 15) is 0 Å². The van der Waals surface area contributed by atoms with E-state index in [2.05, 4.69) is 18.2 Å². The van der Waals surface area contributed by atoms with Crippen LogP contribution >= 0.6 is 0 Å². The number of benzene rings is 2. The van der Waals surface area contributed by atoms with Crippen molar-refractivity contribution in [3.8, 4) is 17.2 Å². The lowest BCUT2D eigenvalue weighted by Crippen LogP contribution is -1.77. The molecule has 0 spiro atoms. The molecule has 0 aliphatic heterocycles. The Morgan fingerprint density at radius 2 is 1.00 bits per heavy atom. The van der Waals surface area contributed by atoms with Crippen LogP contribution in [0.4, 0.5) is 0 Å². The summed E-state index contributed by atoms with van der Waals surface area (Å²) in [6.07, 6.45) is 0. The maximum Gasteiger partial charge on any atom is 0.0991 e. The van der Waals surface area contributed by atoms with Gasteiger partial charge in [0.25, 0.3) is 0 Å². The predicted octanol–water partition coefficient (Wildman–Crippen LogP) is -0.898. The van der Waals surface area contributed by atoms with E-state index >= 15 is 0 Å². The van der Waals surface area contributed by atoms with Crippen molar-refractivity contribution < 1.29 is 27.4 Å². The summed E-state index contributed by atoms with van der Waals surface area (Å²) in [5.41, 5.74) is 3.02. The smallest absolute Gasteiger partial charge is 0.0991 e. The lowest BCUT2D eigenvalue weighted by molar-refractivity contribution is 0.823. The first kappa shape index (κ1) is 25.5. The third-order valence-corrected chi connectivity index (χ3v) is 2.12. The van der Waals surface area contributed by atoms with Gasteiger partial charge in [0.2, 0.25) is 0 Å². The Labute approximate surface area is 111 Å². The second-order valence-corrected chi connectivity index (χ2v) is 3.06. The first-order valence-electron chi connectivity index (χ1n) is 4.46. The quantitative estimate of drug-likeness (QED) is 0.639. The molecule has 0 aromatic heterocycles. The normalized spacial score (nSPS) is 6.89. The van der Waals surface area contributed by atoms with Crippen molar-refractivity contribution in [2.45, 2.75) is 0 Å². The number of nitrogens with zero attached hydrogens (tertiary/aromatic N) is 1. The molecular weight excluding hydrogens is 250 g/mol. The molecule has 0 atom stereocenters. The summed E-state index contributed by atoms with van der Waals surface area (Å²) < 4.78 is 0. The summed E-state index contributed by atoms with van der Waals surface area (Å²) in [5.74, 6) is 0. The number of hydrogen-bond donors (Lipinski definition) is 0. The van der Waals surface area contributed by atoms with E-state index in [1.807, 2.05) is 42.5 Å². The summed E-state index contributed by atoms with van der Waals surface area (Å²) >= 11 is 0. The number of hydrogen-bond acceptors (Lipinski definition) is 1. The van der Waals surface area contributed by atoms with E-state index in [1.165, 1.54) is 5.56 Å². The van der Waals surface area contributed by atoms with E-state index in [0.717, 1.165) is 5.56 Å². The molecule has 0 unspecified atom stereocenters. The summed E-state index contributed by atoms with van der Waals surface area (Å²) in [7, 11) is 0. The van der Waals surface area contributed by atoms with Crippen LogP contribution in [0.25, 0.3) is 11.1 Å². The number of rotatable bonds is 1. The van der Waals surface area contributed by atoms with E-state index in [0.29, 0.717) is 5.56 Å². The fraction of sp³-hybridized carbons (Fsp3) is 0. The second kappa shape index (κ2) is 12.2. The van der Waals surface area contributed by atoms with Crippen molar-refractivity contribution >= 4 is 0 Å². The molecule has 0 fully saturated rings. The Balaban J connectivity index is -0.000000225. The lowest BCUT2D eigenvalue weighted by Gasteiger charge is -1.99. The lowest BCUT2D eigenvalue weighted by atomic mass is 10.0. The van der Waals surface area contributed by atoms with Gasteiger partial charge in [-0.25, -0.2) is 0 Å². The Morgan fingerprint density at radius 3 is 1.42 bits per heavy atom. The zero-order valence-electron chi connectivity index (χ0n) is 10.1. The van der Waals surface area contributed by atoms with Crippen LogP contribution in [0.2, 0.25) is 0 Å². The Hall–Kier alpha value is -2.27. The van der Waals surface area contributed by atoms with Crippen LogP contribution in [0.5, 0.6) is 0 Å². The summed E-state index contributed by atoms with van der Waals surface area (Å²) in [6, 6.07) is 19.8. The van der Waals surface area contributed by atoms with Gasteiger partial charge in [-0.2, -0.15) is 5.26 Å². The monoisotopic (exact) mass is 269 g/mol. The highest BCUT2D eigenvalue weighted by Gasteiger charge is 1.95. The Morgan fingerprint density at radius 1 is 0.579 bits per heavy atom. The molecule has 0 saturated carbocycles. The molecule has 0 amide bonds. The van der Waals surface area contributed by atoms with E-state index < -0.39 is 0 Å². The highest BCUT2D eigenvalue weighted by Crippen LogP contribution is 2.18. The van der Waals surface area contributed by atoms with Crippen LogP contribution in [-0.4, -0.2) is 27.4 Å². The predicted molar refractivity (Wildman–Crippen MR) is 74.7 cm³/mol. The fourth-order valence-corrected chi connectivity index (χ4v) is 1.37. The van der Waals surface area contributed by atoms with Gasteiger partial charge in [0.15, 0.2) is 0 Å². The molecule has 0 saturated heterocycles. The molecular formula is C13H19NO5. The minimum absolute atomic E-state index is 0. The molecule has 0 aliphatic carbocycles. The molecule has 2 aromatic carbocycles. The molecule has 6 nitrogen and oxygen atoms in total. The third-order valence-electron chi connectivity index (χ3n) is 2.12. The SMILES string of the molecule is N#Cc1ccc(-c2ccccc2)cc1.O.O.O.O.O. The van der Waals surface area contributed by atoms with Gasteiger partial charge < -0.3 is 27.4 Å². The van der Waals surface area contributed by atoms with Crippen molar-refractivity contribution in [3.63, 3.8) is 0 Å². The van der Waals surface area contributed by atoms with Crippen molar-refractivity contribution in [3.05, 3.63) is 60.2 Å². The maximum absolute atomic E-state index is 8.65. The Kier molecular flexibility index (Phi) is 16.4. The Bertz CT molecular complexity index is 465. The summed E-state index contributed by atoms with van der Waals surface area (Å²) in [4.78, 5) is 0. The van der Waals surface area contributed by atoms with Crippen molar-refractivity contribution in [2.24, 2.45) is 0 Å². The topological polar surface area (TPSA) is 181 Å². The maximum atomic E-state index is 8.65. The molecule has 2 aromatic rings. The second-order valence-electron chi connectivity index (χ2n) is 3.06. The van der Waals surface area contributed by atoms with Crippen LogP contribution in [0.1, 0.15) is 5.56 Å². The van der Waals surface area contributed by atoms with E-state index in [4.69, 9.17) is 5.26 Å². The summed E-state index contributed by atoms with van der Waals surface area (Å²) in [6.45, 7) is 0. The minimum atomic E-state index is 0. The fourth-order valence-electron chi connectivity index (χ4n) is 1.37. The van der Waals surface area contributed by atoms with Gasteiger partial charge in [-0.15, -0.1) is 0 Å². The van der Waals surface area contributed by atoms with E-state index in [-0.39, 0.29) is 27.4 Å². The molecule has 19 heavy (non-hydrogen) atoms. The molecule has 106 valence electrons. The van der Waals surface area contributed by atoms with Gasteiger partial charge >= 0.3 is 0 Å². The van der Waals surface area contributed by atoms with Gasteiger partial charge in [-0.3, -0.25) is 0 Å². The van der Waals surface area contributed by atoms with Crippen LogP contribution in [0.15, 0.2) is 54.6 Å². The zero-order valence-corrected chi connectivity index (χ0v) is 10.1. The highest BCUT2D eigenvalue weighted by molar-refractivity contribution is 5.63.